The average Bonchev–Trinajstić information content (AvgIpc) is 2.79. The Morgan fingerprint density at radius 3 is 2.90 bits per heavy atom. The predicted octanol–water partition coefficient (Wildman–Crippen LogP) is 2.66. The van der Waals surface area contributed by atoms with Gasteiger partial charge in [0.05, 0.1) is 30.7 Å². The van der Waals surface area contributed by atoms with Gasteiger partial charge in [0.2, 0.25) is 0 Å². The van der Waals surface area contributed by atoms with E-state index in [0.29, 0.717) is 23.6 Å². The maximum absolute atomic E-state index is 13.8. The number of halogens is 1. The molecule has 2 aromatic rings. The van der Waals surface area contributed by atoms with Gasteiger partial charge in [-0.2, -0.15) is 5.10 Å². The van der Waals surface area contributed by atoms with Crippen LogP contribution >= 0.6 is 0 Å². The molecule has 6 heteroatoms. The first-order valence-electron chi connectivity index (χ1n) is 6.71. The maximum Gasteiger partial charge on any atom is 0.341 e. The largest absolute Gasteiger partial charge is 0.462 e. The van der Waals surface area contributed by atoms with E-state index < -0.39 is 5.97 Å². The van der Waals surface area contributed by atoms with Crippen LogP contribution in [0.5, 0.6) is 0 Å². The van der Waals surface area contributed by atoms with E-state index in [1.807, 2.05) is 13.0 Å². The predicted molar refractivity (Wildman–Crippen MR) is 77.6 cm³/mol. The second-order valence-electron chi connectivity index (χ2n) is 4.69. The fourth-order valence-corrected chi connectivity index (χ4v) is 1.99. The standard InChI is InChI=1S/C15H18FN3O2/c1-4-21-15(20)11-8-18-19(3)14(11)9-17-13-6-5-10(2)7-12(13)16/h5-8,17H,4,9H2,1-3H3. The van der Waals surface area contributed by atoms with Gasteiger partial charge in [0.25, 0.3) is 0 Å². The molecule has 2 rings (SSSR count). The normalized spacial score (nSPS) is 10.5. The van der Waals surface area contributed by atoms with E-state index in [4.69, 9.17) is 4.74 Å². The second-order valence-corrected chi connectivity index (χ2v) is 4.69. The van der Waals surface area contributed by atoms with Gasteiger partial charge in [0, 0.05) is 7.05 Å². The number of benzene rings is 1. The van der Waals surface area contributed by atoms with Gasteiger partial charge in [-0.15, -0.1) is 0 Å². The molecule has 0 radical (unpaired) electrons. The van der Waals surface area contributed by atoms with E-state index in [-0.39, 0.29) is 12.4 Å². The quantitative estimate of drug-likeness (QED) is 0.860. The smallest absolute Gasteiger partial charge is 0.341 e. The molecule has 5 nitrogen and oxygen atoms in total. The lowest BCUT2D eigenvalue weighted by atomic mass is 10.2. The first-order chi connectivity index (χ1) is 10.0. The van der Waals surface area contributed by atoms with Crippen LogP contribution in [0.1, 0.15) is 28.5 Å². The molecular weight excluding hydrogens is 273 g/mol. The molecule has 21 heavy (non-hydrogen) atoms. The van der Waals surface area contributed by atoms with Crippen molar-refractivity contribution in [3.8, 4) is 0 Å². The summed E-state index contributed by atoms with van der Waals surface area (Å²) in [5.41, 5.74) is 2.27. The number of nitrogens with one attached hydrogen (secondary N) is 1. The first kappa shape index (κ1) is 15.0. The summed E-state index contributed by atoms with van der Waals surface area (Å²) in [6.07, 6.45) is 1.46. The SMILES string of the molecule is CCOC(=O)c1cnn(C)c1CNc1ccc(C)cc1F. The summed E-state index contributed by atoms with van der Waals surface area (Å²) < 4.78 is 20.3. The molecule has 0 aliphatic heterocycles. The Morgan fingerprint density at radius 2 is 2.24 bits per heavy atom. The van der Waals surface area contributed by atoms with Crippen molar-refractivity contribution in [1.29, 1.82) is 0 Å². The third-order valence-electron chi connectivity index (χ3n) is 3.13. The van der Waals surface area contributed by atoms with Crippen LogP contribution in [0.2, 0.25) is 0 Å². The Hall–Kier alpha value is -2.37. The summed E-state index contributed by atoms with van der Waals surface area (Å²) in [5.74, 6) is -0.748. The zero-order valence-corrected chi connectivity index (χ0v) is 12.3. The monoisotopic (exact) mass is 291 g/mol. The fraction of sp³-hybridized carbons (Fsp3) is 0.333. The zero-order chi connectivity index (χ0) is 15.4. The number of anilines is 1. The van der Waals surface area contributed by atoms with Crippen molar-refractivity contribution in [3.05, 3.63) is 47.0 Å². The van der Waals surface area contributed by atoms with Gasteiger partial charge in [-0.05, 0) is 31.5 Å². The minimum absolute atomic E-state index is 0.282. The molecule has 0 saturated heterocycles. The topological polar surface area (TPSA) is 56.1 Å². The molecule has 1 heterocycles. The van der Waals surface area contributed by atoms with Crippen molar-refractivity contribution in [2.45, 2.75) is 20.4 Å². The van der Waals surface area contributed by atoms with Gasteiger partial charge < -0.3 is 10.1 Å². The van der Waals surface area contributed by atoms with Crippen molar-refractivity contribution in [1.82, 2.24) is 9.78 Å². The molecule has 0 aliphatic rings. The fourth-order valence-electron chi connectivity index (χ4n) is 1.99. The number of hydrogen-bond acceptors (Lipinski definition) is 4. The highest BCUT2D eigenvalue weighted by atomic mass is 19.1. The summed E-state index contributed by atoms with van der Waals surface area (Å²) in [6, 6.07) is 4.95. The van der Waals surface area contributed by atoms with Crippen molar-refractivity contribution in [2.75, 3.05) is 11.9 Å². The highest BCUT2D eigenvalue weighted by Gasteiger charge is 2.17. The van der Waals surface area contributed by atoms with Gasteiger partial charge in [-0.1, -0.05) is 6.07 Å². The molecule has 1 aromatic carbocycles. The van der Waals surface area contributed by atoms with Crippen molar-refractivity contribution >= 4 is 11.7 Å². The molecule has 0 amide bonds. The molecule has 0 fully saturated rings. The number of ether oxygens (including phenoxy) is 1. The molecule has 0 unspecified atom stereocenters. The third-order valence-corrected chi connectivity index (χ3v) is 3.13. The second kappa shape index (κ2) is 6.39. The summed E-state index contributed by atoms with van der Waals surface area (Å²) >= 11 is 0. The van der Waals surface area contributed by atoms with Gasteiger partial charge in [-0.25, -0.2) is 9.18 Å². The Morgan fingerprint density at radius 1 is 1.48 bits per heavy atom. The number of carbonyl (C=O) groups excluding carboxylic acids is 1. The summed E-state index contributed by atoms with van der Waals surface area (Å²) in [5, 5.41) is 7.03. The number of hydrogen-bond donors (Lipinski definition) is 1. The van der Waals surface area contributed by atoms with Crippen molar-refractivity contribution in [2.24, 2.45) is 7.05 Å². The number of nitrogens with zero attached hydrogens (tertiary/aromatic N) is 2. The average molecular weight is 291 g/mol. The number of aromatic nitrogens is 2. The molecule has 1 N–H and O–H groups in total. The summed E-state index contributed by atoms with van der Waals surface area (Å²) in [6.45, 7) is 4.15. The van der Waals surface area contributed by atoms with E-state index >= 15 is 0 Å². The van der Waals surface area contributed by atoms with Crippen LogP contribution < -0.4 is 5.32 Å². The van der Waals surface area contributed by atoms with E-state index in [1.54, 1.807) is 24.7 Å². The number of carbonyl (C=O) groups is 1. The lowest BCUT2D eigenvalue weighted by Crippen LogP contribution is -2.12. The Kier molecular flexibility index (Phi) is 4.57. The van der Waals surface area contributed by atoms with Crippen LogP contribution in [0.15, 0.2) is 24.4 Å². The van der Waals surface area contributed by atoms with Gasteiger partial charge in [-0.3, -0.25) is 4.68 Å². The van der Waals surface area contributed by atoms with Crippen LogP contribution in [0.3, 0.4) is 0 Å². The Bertz CT molecular complexity index is 652. The lowest BCUT2D eigenvalue weighted by molar-refractivity contribution is 0.0525. The molecule has 0 aliphatic carbocycles. The molecule has 112 valence electrons. The van der Waals surface area contributed by atoms with E-state index in [0.717, 1.165) is 5.56 Å². The zero-order valence-electron chi connectivity index (χ0n) is 12.3. The van der Waals surface area contributed by atoms with Gasteiger partial charge in [0.1, 0.15) is 11.4 Å². The van der Waals surface area contributed by atoms with E-state index in [1.165, 1.54) is 12.3 Å². The Labute approximate surface area is 122 Å². The number of aryl methyl sites for hydroxylation is 2. The van der Waals surface area contributed by atoms with Gasteiger partial charge in [0.15, 0.2) is 0 Å². The first-order valence-corrected chi connectivity index (χ1v) is 6.71. The molecular formula is C15H18FN3O2. The van der Waals surface area contributed by atoms with Crippen LogP contribution in [0, 0.1) is 12.7 Å². The summed E-state index contributed by atoms with van der Waals surface area (Å²) in [7, 11) is 1.73. The molecule has 0 atom stereocenters. The summed E-state index contributed by atoms with van der Waals surface area (Å²) in [4.78, 5) is 11.8. The van der Waals surface area contributed by atoms with Crippen molar-refractivity contribution < 1.29 is 13.9 Å². The van der Waals surface area contributed by atoms with Crippen LogP contribution in [-0.2, 0) is 18.3 Å². The minimum Gasteiger partial charge on any atom is -0.462 e. The van der Waals surface area contributed by atoms with E-state index in [2.05, 4.69) is 10.4 Å². The minimum atomic E-state index is -0.424. The van der Waals surface area contributed by atoms with Crippen molar-refractivity contribution in [3.63, 3.8) is 0 Å². The highest BCUT2D eigenvalue weighted by molar-refractivity contribution is 5.90. The van der Waals surface area contributed by atoms with E-state index in [9.17, 15) is 9.18 Å². The third kappa shape index (κ3) is 3.39. The lowest BCUT2D eigenvalue weighted by Gasteiger charge is -2.10. The number of esters is 1. The molecule has 0 bridgehead atoms. The molecule has 0 spiro atoms. The molecule has 0 saturated carbocycles. The van der Waals surface area contributed by atoms with Crippen LogP contribution in [0.25, 0.3) is 0 Å². The number of rotatable bonds is 5. The van der Waals surface area contributed by atoms with Crippen LogP contribution in [-0.4, -0.2) is 22.4 Å². The van der Waals surface area contributed by atoms with Crippen LogP contribution in [0.4, 0.5) is 10.1 Å². The molecule has 1 aromatic heterocycles. The van der Waals surface area contributed by atoms with Gasteiger partial charge >= 0.3 is 5.97 Å². The highest BCUT2D eigenvalue weighted by Crippen LogP contribution is 2.17. The maximum atomic E-state index is 13.8. The Balaban J connectivity index is 2.16.